The van der Waals surface area contributed by atoms with E-state index in [9.17, 15) is 4.79 Å². The Hall–Kier alpha value is -2.29. The fraction of sp³-hybridized carbons (Fsp3) is 0.0714. The lowest BCUT2D eigenvalue weighted by Crippen LogP contribution is -1.93. The third kappa shape index (κ3) is 1.47. The summed E-state index contributed by atoms with van der Waals surface area (Å²) < 4.78 is 0. The van der Waals surface area contributed by atoms with Gasteiger partial charge in [0, 0.05) is 0 Å². The van der Waals surface area contributed by atoms with Crippen LogP contribution in [-0.4, -0.2) is 16.3 Å². The number of aromatic nitrogens is 2. The van der Waals surface area contributed by atoms with Crippen molar-refractivity contribution in [3.05, 3.63) is 47.5 Å². The number of rotatable bonds is 1. The molecule has 1 heterocycles. The fourth-order valence-electron chi connectivity index (χ4n) is 1.94. The van der Waals surface area contributed by atoms with Gasteiger partial charge in [-0.1, -0.05) is 18.2 Å². The van der Waals surface area contributed by atoms with Crippen LogP contribution >= 0.6 is 0 Å². The molecule has 0 N–H and O–H groups in total. The number of aryl methyl sites for hydroxylation is 1. The van der Waals surface area contributed by atoms with Gasteiger partial charge in [-0.05, 0) is 30.7 Å². The van der Waals surface area contributed by atoms with E-state index in [-0.39, 0.29) is 0 Å². The van der Waals surface area contributed by atoms with E-state index < -0.39 is 0 Å². The number of nitrogens with zero attached hydrogens (tertiary/aromatic N) is 2. The van der Waals surface area contributed by atoms with Crippen LogP contribution in [0.1, 0.15) is 11.1 Å². The summed E-state index contributed by atoms with van der Waals surface area (Å²) in [5, 5.41) is 0. The van der Waals surface area contributed by atoms with Crippen LogP contribution in [0.3, 0.4) is 0 Å². The first-order valence-electron chi connectivity index (χ1n) is 5.34. The summed E-state index contributed by atoms with van der Waals surface area (Å²) in [6, 6.07) is 11.2. The predicted molar refractivity (Wildman–Crippen MR) is 66.6 cm³/mol. The molecule has 0 bridgehead atoms. The molecular formula is C14H9N2O. The molecule has 1 radical (unpaired) electrons. The monoisotopic (exact) mass is 221 g/mol. The summed E-state index contributed by atoms with van der Waals surface area (Å²) in [4.78, 5) is 19.9. The maximum Gasteiger partial charge on any atom is 0.235 e. The molecule has 0 aliphatic rings. The molecule has 0 amide bonds. The molecule has 0 fully saturated rings. The number of fused-ring (bicyclic) bond motifs is 2. The molecule has 17 heavy (non-hydrogen) atoms. The van der Waals surface area contributed by atoms with Crippen molar-refractivity contribution < 1.29 is 4.79 Å². The van der Waals surface area contributed by atoms with Crippen LogP contribution in [0.5, 0.6) is 0 Å². The van der Waals surface area contributed by atoms with Crippen molar-refractivity contribution in [3.8, 4) is 0 Å². The third-order valence-electron chi connectivity index (χ3n) is 2.81. The molecule has 0 saturated carbocycles. The number of hydrogen-bond acceptors (Lipinski definition) is 3. The summed E-state index contributed by atoms with van der Waals surface area (Å²) >= 11 is 0. The molecule has 3 rings (SSSR count). The summed E-state index contributed by atoms with van der Waals surface area (Å²) in [7, 11) is 0. The van der Waals surface area contributed by atoms with Gasteiger partial charge in [-0.3, -0.25) is 4.79 Å². The van der Waals surface area contributed by atoms with E-state index in [0.29, 0.717) is 11.1 Å². The van der Waals surface area contributed by atoms with E-state index in [2.05, 4.69) is 9.97 Å². The van der Waals surface area contributed by atoms with E-state index in [1.807, 2.05) is 37.5 Å². The molecule has 81 valence electrons. The molecule has 3 aromatic rings. The Labute approximate surface area is 98.1 Å². The number of carbonyl (C=O) groups excluding carboxylic acids is 1. The van der Waals surface area contributed by atoms with Gasteiger partial charge in [0.05, 0.1) is 22.1 Å². The molecule has 3 nitrogen and oxygen atoms in total. The molecule has 0 spiro atoms. The van der Waals surface area contributed by atoms with Crippen LogP contribution < -0.4 is 0 Å². The van der Waals surface area contributed by atoms with Crippen molar-refractivity contribution in [1.82, 2.24) is 9.97 Å². The number of para-hydroxylation sites is 2. The molecule has 0 aliphatic heterocycles. The van der Waals surface area contributed by atoms with Gasteiger partial charge < -0.3 is 0 Å². The van der Waals surface area contributed by atoms with Crippen LogP contribution in [0.25, 0.3) is 22.1 Å². The normalized spacial score (nSPS) is 10.9. The van der Waals surface area contributed by atoms with Crippen LogP contribution in [0.2, 0.25) is 0 Å². The van der Waals surface area contributed by atoms with E-state index in [1.54, 1.807) is 12.1 Å². The van der Waals surface area contributed by atoms with Crippen molar-refractivity contribution in [2.75, 3.05) is 0 Å². The standard InChI is InChI=1S/C14H9N2O/c1-9-4-2-6-11-13(9)16-14-10(8-17)5-3-7-12(14)15-11/h2-7H,1H3. The van der Waals surface area contributed by atoms with Crippen LogP contribution in [0.4, 0.5) is 0 Å². The largest absolute Gasteiger partial charge is 0.285 e. The van der Waals surface area contributed by atoms with E-state index in [1.165, 1.54) is 0 Å². The Morgan fingerprint density at radius 1 is 0.941 bits per heavy atom. The molecule has 0 aliphatic carbocycles. The molecule has 2 aromatic carbocycles. The van der Waals surface area contributed by atoms with Crippen molar-refractivity contribution in [3.63, 3.8) is 0 Å². The average Bonchev–Trinajstić information content (AvgIpc) is 2.36. The van der Waals surface area contributed by atoms with Gasteiger partial charge in [-0.2, -0.15) is 0 Å². The second-order valence-electron chi connectivity index (χ2n) is 3.94. The lowest BCUT2D eigenvalue weighted by Gasteiger charge is -2.04. The first-order valence-corrected chi connectivity index (χ1v) is 5.34. The Morgan fingerprint density at radius 3 is 2.41 bits per heavy atom. The maximum atomic E-state index is 10.8. The lowest BCUT2D eigenvalue weighted by atomic mass is 10.1. The molecule has 1 aromatic heterocycles. The SMILES string of the molecule is Cc1cccc2nc3cccc([C]=O)c3nc12. The van der Waals surface area contributed by atoms with Gasteiger partial charge in [-0.15, -0.1) is 0 Å². The quantitative estimate of drug-likeness (QED) is 0.593. The number of hydrogen-bond donors (Lipinski definition) is 0. The first-order chi connectivity index (χ1) is 8.29. The van der Waals surface area contributed by atoms with Crippen molar-refractivity contribution >= 4 is 28.4 Å². The maximum absolute atomic E-state index is 10.8. The van der Waals surface area contributed by atoms with Gasteiger partial charge >= 0.3 is 0 Å². The highest BCUT2D eigenvalue weighted by Gasteiger charge is 2.06. The zero-order valence-electron chi connectivity index (χ0n) is 9.27. The molecule has 3 heteroatoms. The van der Waals surface area contributed by atoms with Gasteiger partial charge in [0.2, 0.25) is 6.29 Å². The molecule has 0 saturated heterocycles. The fourth-order valence-corrected chi connectivity index (χ4v) is 1.94. The minimum atomic E-state index is 0.458. The highest BCUT2D eigenvalue weighted by atomic mass is 16.1. The van der Waals surface area contributed by atoms with Crippen molar-refractivity contribution in [2.45, 2.75) is 6.92 Å². The minimum Gasteiger partial charge on any atom is -0.285 e. The summed E-state index contributed by atoms with van der Waals surface area (Å²) in [5.74, 6) is 0. The van der Waals surface area contributed by atoms with Crippen molar-refractivity contribution in [2.24, 2.45) is 0 Å². The Kier molecular flexibility index (Phi) is 2.11. The summed E-state index contributed by atoms with van der Waals surface area (Å²) in [5.41, 5.74) is 4.54. The highest BCUT2D eigenvalue weighted by molar-refractivity contribution is 5.97. The second kappa shape index (κ2) is 3.63. The van der Waals surface area contributed by atoms with Crippen LogP contribution in [-0.2, 0) is 4.79 Å². The van der Waals surface area contributed by atoms with Gasteiger partial charge in [-0.25, -0.2) is 9.97 Å². The highest BCUT2D eigenvalue weighted by Crippen LogP contribution is 2.20. The Morgan fingerprint density at radius 2 is 1.65 bits per heavy atom. The smallest absolute Gasteiger partial charge is 0.235 e. The van der Waals surface area contributed by atoms with Crippen LogP contribution in [0.15, 0.2) is 36.4 Å². The predicted octanol–water partition coefficient (Wildman–Crippen LogP) is 2.55. The zero-order chi connectivity index (χ0) is 11.8. The van der Waals surface area contributed by atoms with E-state index in [0.717, 1.165) is 22.1 Å². The van der Waals surface area contributed by atoms with Crippen molar-refractivity contribution in [1.29, 1.82) is 0 Å². The summed E-state index contributed by atoms with van der Waals surface area (Å²) in [6.07, 6.45) is 1.90. The number of benzene rings is 2. The third-order valence-corrected chi connectivity index (χ3v) is 2.81. The molecular weight excluding hydrogens is 212 g/mol. The van der Waals surface area contributed by atoms with E-state index >= 15 is 0 Å². The second-order valence-corrected chi connectivity index (χ2v) is 3.94. The lowest BCUT2D eigenvalue weighted by molar-refractivity contribution is 0.563. The van der Waals surface area contributed by atoms with E-state index in [4.69, 9.17) is 0 Å². The van der Waals surface area contributed by atoms with Gasteiger partial charge in [0.25, 0.3) is 0 Å². The first kappa shape index (κ1) is 9.90. The van der Waals surface area contributed by atoms with Gasteiger partial charge in [0.15, 0.2) is 0 Å². The van der Waals surface area contributed by atoms with Crippen LogP contribution in [0, 0.1) is 6.92 Å². The Balaban J connectivity index is 2.53. The summed E-state index contributed by atoms with van der Waals surface area (Å²) in [6.45, 7) is 1.98. The average molecular weight is 221 g/mol. The zero-order valence-corrected chi connectivity index (χ0v) is 9.27. The molecule has 0 unspecified atom stereocenters. The van der Waals surface area contributed by atoms with Gasteiger partial charge in [0.1, 0.15) is 5.52 Å². The molecule has 0 atom stereocenters. The topological polar surface area (TPSA) is 42.9 Å². The Bertz CT molecular complexity index is 735. The minimum absolute atomic E-state index is 0.458.